The molecule has 0 fully saturated rings. The van der Waals surface area contributed by atoms with Crippen molar-refractivity contribution in [2.75, 3.05) is 19.0 Å². The molecule has 0 amide bonds. The molecule has 0 aliphatic heterocycles. The molecule has 0 bridgehead atoms. The second-order valence-electron chi connectivity index (χ2n) is 3.82. The molecule has 0 heterocycles. The van der Waals surface area contributed by atoms with Crippen LogP contribution in [0.3, 0.4) is 0 Å². The van der Waals surface area contributed by atoms with Crippen LogP contribution in [-0.2, 0) is 4.74 Å². The van der Waals surface area contributed by atoms with Gasteiger partial charge < -0.3 is 10.1 Å². The summed E-state index contributed by atoms with van der Waals surface area (Å²) in [6, 6.07) is 1.91. The number of nitro benzene ring substituents is 2. The number of rotatable bonds is 6. The van der Waals surface area contributed by atoms with Gasteiger partial charge in [-0.3, -0.25) is 20.2 Å². The summed E-state index contributed by atoms with van der Waals surface area (Å²) in [5.41, 5.74) is -1.52. The van der Waals surface area contributed by atoms with E-state index in [2.05, 4.69) is 10.1 Å². The summed E-state index contributed by atoms with van der Waals surface area (Å²) in [6.07, 6.45) is 0.632. The predicted octanol–water partition coefficient (Wildman–Crippen LogP) is 2.11. The van der Waals surface area contributed by atoms with E-state index in [0.717, 1.165) is 19.2 Å². The molecule has 0 spiro atoms. The van der Waals surface area contributed by atoms with Crippen LogP contribution in [0.2, 0.25) is 0 Å². The first-order valence-corrected chi connectivity index (χ1v) is 5.71. The van der Waals surface area contributed by atoms with Gasteiger partial charge in [0, 0.05) is 18.7 Å². The quantitative estimate of drug-likeness (QED) is 0.481. The largest absolute Gasteiger partial charge is 0.465 e. The highest BCUT2D eigenvalue weighted by Gasteiger charge is 2.28. The summed E-state index contributed by atoms with van der Waals surface area (Å²) in [5, 5.41) is 24.7. The van der Waals surface area contributed by atoms with Gasteiger partial charge in [0.25, 0.3) is 11.4 Å². The van der Waals surface area contributed by atoms with Crippen LogP contribution >= 0.6 is 0 Å². The fourth-order valence-electron chi connectivity index (χ4n) is 1.57. The van der Waals surface area contributed by atoms with Crippen LogP contribution < -0.4 is 5.32 Å². The number of carbonyl (C=O) groups is 1. The maximum absolute atomic E-state index is 11.4. The number of hydrogen-bond donors (Lipinski definition) is 1. The zero-order valence-corrected chi connectivity index (χ0v) is 10.9. The maximum atomic E-state index is 11.4. The first-order chi connectivity index (χ1) is 9.42. The Bertz CT molecular complexity index is 522. The molecule has 0 unspecified atom stereocenters. The van der Waals surface area contributed by atoms with Crippen molar-refractivity contribution >= 4 is 23.0 Å². The summed E-state index contributed by atoms with van der Waals surface area (Å²) < 4.78 is 4.42. The predicted molar refractivity (Wildman–Crippen MR) is 69.9 cm³/mol. The van der Waals surface area contributed by atoms with E-state index in [4.69, 9.17) is 0 Å². The molecular formula is C11H13N3O6. The van der Waals surface area contributed by atoms with E-state index >= 15 is 0 Å². The van der Waals surface area contributed by atoms with Crippen molar-refractivity contribution < 1.29 is 19.4 Å². The van der Waals surface area contributed by atoms with Crippen LogP contribution in [0.5, 0.6) is 0 Å². The molecule has 0 aliphatic rings. The fourth-order valence-corrected chi connectivity index (χ4v) is 1.57. The van der Waals surface area contributed by atoms with E-state index in [9.17, 15) is 25.0 Å². The van der Waals surface area contributed by atoms with Gasteiger partial charge in [0.05, 0.1) is 22.5 Å². The molecule has 1 rings (SSSR count). The van der Waals surface area contributed by atoms with Gasteiger partial charge in [-0.15, -0.1) is 0 Å². The molecule has 9 nitrogen and oxygen atoms in total. The third kappa shape index (κ3) is 3.19. The van der Waals surface area contributed by atoms with E-state index in [-0.39, 0.29) is 11.3 Å². The SMILES string of the molecule is CCCNc1c([N+](=O)[O-])cc(C(=O)OC)cc1[N+](=O)[O-]. The zero-order valence-electron chi connectivity index (χ0n) is 10.9. The Kier molecular flexibility index (Phi) is 4.95. The molecule has 1 aromatic carbocycles. The summed E-state index contributed by atoms with van der Waals surface area (Å²) in [4.78, 5) is 31.9. The minimum Gasteiger partial charge on any atom is -0.465 e. The number of nitrogens with one attached hydrogen (secondary N) is 1. The molecular weight excluding hydrogens is 270 g/mol. The highest BCUT2D eigenvalue weighted by molar-refractivity contribution is 5.93. The molecule has 9 heteroatoms. The number of benzene rings is 1. The van der Waals surface area contributed by atoms with Crippen molar-refractivity contribution in [3.8, 4) is 0 Å². The highest BCUT2D eigenvalue weighted by Crippen LogP contribution is 2.35. The first kappa shape index (κ1) is 15.3. The van der Waals surface area contributed by atoms with Crippen LogP contribution in [0.15, 0.2) is 12.1 Å². The third-order valence-electron chi connectivity index (χ3n) is 2.46. The number of nitrogens with zero attached hydrogens (tertiary/aromatic N) is 2. The van der Waals surface area contributed by atoms with Gasteiger partial charge in [0.15, 0.2) is 5.69 Å². The van der Waals surface area contributed by atoms with Gasteiger partial charge in [-0.1, -0.05) is 6.92 Å². The van der Waals surface area contributed by atoms with Gasteiger partial charge in [-0.25, -0.2) is 4.79 Å². The Morgan fingerprint density at radius 1 is 1.25 bits per heavy atom. The molecule has 0 saturated heterocycles. The molecule has 1 N–H and O–H groups in total. The van der Waals surface area contributed by atoms with Crippen molar-refractivity contribution in [2.24, 2.45) is 0 Å². The van der Waals surface area contributed by atoms with Crippen molar-refractivity contribution in [1.82, 2.24) is 0 Å². The number of carbonyl (C=O) groups excluding carboxylic acids is 1. The molecule has 20 heavy (non-hydrogen) atoms. The Morgan fingerprint density at radius 2 is 1.75 bits per heavy atom. The van der Waals surface area contributed by atoms with Crippen LogP contribution in [0, 0.1) is 20.2 Å². The Labute approximate surface area is 113 Å². The maximum Gasteiger partial charge on any atom is 0.338 e. The lowest BCUT2D eigenvalue weighted by Gasteiger charge is -2.08. The van der Waals surface area contributed by atoms with Gasteiger partial charge in [0.2, 0.25) is 0 Å². The van der Waals surface area contributed by atoms with Gasteiger partial charge in [-0.05, 0) is 6.42 Å². The van der Waals surface area contributed by atoms with E-state index in [0.29, 0.717) is 13.0 Å². The zero-order chi connectivity index (χ0) is 15.3. The molecule has 0 atom stereocenters. The van der Waals surface area contributed by atoms with Crippen LogP contribution in [0.1, 0.15) is 23.7 Å². The van der Waals surface area contributed by atoms with Crippen LogP contribution in [0.25, 0.3) is 0 Å². The van der Waals surface area contributed by atoms with Gasteiger partial charge in [-0.2, -0.15) is 0 Å². The number of ether oxygens (including phenoxy) is 1. The average Bonchev–Trinajstić information content (AvgIpc) is 2.42. The Hall–Kier alpha value is -2.71. The number of hydrogen-bond acceptors (Lipinski definition) is 7. The molecule has 0 aliphatic carbocycles. The van der Waals surface area contributed by atoms with E-state index in [1.54, 1.807) is 0 Å². The van der Waals surface area contributed by atoms with Crippen molar-refractivity contribution in [1.29, 1.82) is 0 Å². The van der Waals surface area contributed by atoms with E-state index < -0.39 is 27.2 Å². The van der Waals surface area contributed by atoms with Crippen LogP contribution in [-0.4, -0.2) is 29.5 Å². The minimum atomic E-state index is -0.877. The highest BCUT2D eigenvalue weighted by atomic mass is 16.6. The normalized spacial score (nSPS) is 9.90. The topological polar surface area (TPSA) is 125 Å². The minimum absolute atomic E-state index is 0.213. The molecule has 1 aromatic rings. The van der Waals surface area contributed by atoms with Crippen molar-refractivity contribution in [3.05, 3.63) is 37.9 Å². The molecule has 0 aromatic heterocycles. The number of nitro groups is 2. The monoisotopic (exact) mass is 283 g/mol. The lowest BCUT2D eigenvalue weighted by molar-refractivity contribution is -0.392. The fraction of sp³-hybridized carbons (Fsp3) is 0.364. The summed E-state index contributed by atoms with van der Waals surface area (Å²) in [7, 11) is 1.09. The standard InChI is InChI=1S/C11H13N3O6/c1-3-4-12-10-8(13(16)17)5-7(11(15)20-2)6-9(10)14(18)19/h5-6,12H,3-4H2,1-2H3. The van der Waals surface area contributed by atoms with Gasteiger partial charge in [0.1, 0.15) is 0 Å². The number of anilines is 1. The average molecular weight is 283 g/mol. The number of methoxy groups -OCH3 is 1. The first-order valence-electron chi connectivity index (χ1n) is 5.71. The smallest absolute Gasteiger partial charge is 0.338 e. The molecule has 108 valence electrons. The van der Waals surface area contributed by atoms with E-state index in [1.807, 2.05) is 6.92 Å². The summed E-state index contributed by atoms with van der Waals surface area (Å²) in [5.74, 6) is -0.877. The second kappa shape index (κ2) is 6.45. The second-order valence-corrected chi connectivity index (χ2v) is 3.82. The number of esters is 1. The Morgan fingerprint density at radius 3 is 2.10 bits per heavy atom. The summed E-state index contributed by atoms with van der Waals surface area (Å²) in [6.45, 7) is 2.15. The molecule has 0 radical (unpaired) electrons. The van der Waals surface area contributed by atoms with Crippen molar-refractivity contribution in [3.63, 3.8) is 0 Å². The van der Waals surface area contributed by atoms with Crippen molar-refractivity contribution in [2.45, 2.75) is 13.3 Å². The van der Waals surface area contributed by atoms with Crippen LogP contribution in [0.4, 0.5) is 17.1 Å². The van der Waals surface area contributed by atoms with Gasteiger partial charge >= 0.3 is 5.97 Å². The summed E-state index contributed by atoms with van der Waals surface area (Å²) >= 11 is 0. The lowest BCUT2D eigenvalue weighted by atomic mass is 10.1. The third-order valence-corrected chi connectivity index (χ3v) is 2.46. The molecule has 0 saturated carbocycles. The Balaban J connectivity index is 3.50. The van der Waals surface area contributed by atoms with E-state index in [1.165, 1.54) is 0 Å². The lowest BCUT2D eigenvalue weighted by Crippen LogP contribution is -2.09.